The van der Waals surface area contributed by atoms with E-state index in [9.17, 15) is 31.6 Å². The first-order valence-corrected chi connectivity index (χ1v) is 16.0. The van der Waals surface area contributed by atoms with Crippen LogP contribution < -0.4 is 0 Å². The molecule has 7 aromatic rings. The fraction of sp³-hybridized carbons (Fsp3) is 0.0500. The van der Waals surface area contributed by atoms with Gasteiger partial charge in [-0.05, 0) is 58.7 Å². The monoisotopic (exact) mass is 768 g/mol. The Morgan fingerprint density at radius 3 is 1.36 bits per heavy atom. The van der Waals surface area contributed by atoms with E-state index in [1.165, 1.54) is 30.6 Å². The highest BCUT2D eigenvalue weighted by molar-refractivity contribution is 6.14. The average molecular weight is 769 g/mol. The van der Waals surface area contributed by atoms with Crippen molar-refractivity contribution in [3.8, 4) is 46.0 Å². The van der Waals surface area contributed by atoms with E-state index in [1.54, 1.807) is 36.4 Å². The first-order chi connectivity index (χ1) is 26.6. The van der Waals surface area contributed by atoms with E-state index in [4.69, 9.17) is 5.26 Å². The molecule has 0 unspecified atom stereocenters. The minimum Gasteiger partial charge on any atom is -0.236 e. The van der Waals surface area contributed by atoms with Gasteiger partial charge in [0.1, 0.15) is 17.7 Å². The number of halogens is 10. The summed E-state index contributed by atoms with van der Waals surface area (Å²) < 4.78 is 151. The molecule has 8 rings (SSSR count). The van der Waals surface area contributed by atoms with E-state index >= 15 is 17.6 Å². The number of nitriles is 2. The van der Waals surface area contributed by atoms with Gasteiger partial charge in [-0.15, -0.1) is 0 Å². The van der Waals surface area contributed by atoms with Crippen molar-refractivity contribution in [2.24, 2.45) is 0 Å². The molecule has 5 aromatic carbocycles. The zero-order valence-corrected chi connectivity index (χ0v) is 27.5. The Labute approximate surface area is 307 Å². The normalized spacial score (nSPS) is 12.4. The van der Waals surface area contributed by atoms with E-state index in [2.05, 4.69) is 19.9 Å². The Kier molecular flexibility index (Phi) is 8.12. The molecule has 1 aliphatic carbocycles. The van der Waals surface area contributed by atoms with E-state index in [1.807, 2.05) is 0 Å². The van der Waals surface area contributed by atoms with Gasteiger partial charge in [0.15, 0.2) is 34.9 Å². The predicted octanol–water partition coefficient (Wildman–Crippen LogP) is 10.8. The third kappa shape index (κ3) is 5.57. The summed E-state index contributed by atoms with van der Waals surface area (Å²) in [7, 11) is 0. The summed E-state index contributed by atoms with van der Waals surface area (Å²) in [5, 5.41) is 20.5. The minimum atomic E-state index is -5.20. The van der Waals surface area contributed by atoms with Gasteiger partial charge in [-0.25, -0.2) is 37.5 Å². The van der Waals surface area contributed by atoms with Crippen molar-refractivity contribution >= 4 is 33.0 Å². The highest BCUT2D eigenvalue weighted by Crippen LogP contribution is 2.54. The van der Waals surface area contributed by atoms with Crippen LogP contribution in [0.4, 0.5) is 43.9 Å². The van der Waals surface area contributed by atoms with Crippen LogP contribution in [0.15, 0.2) is 85.2 Å². The van der Waals surface area contributed by atoms with E-state index < -0.39 is 114 Å². The molecule has 1 aliphatic rings. The number of rotatable bonds is 3. The smallest absolute Gasteiger partial charge is 0.236 e. The quantitative estimate of drug-likeness (QED) is 0.101. The lowest BCUT2D eigenvalue weighted by Crippen LogP contribution is -2.10. The predicted molar refractivity (Wildman–Crippen MR) is 181 cm³/mol. The summed E-state index contributed by atoms with van der Waals surface area (Å²) in [4.78, 5) is 16.6. The number of allylic oxidation sites excluding steroid dienone is 1. The Morgan fingerprint density at radius 2 is 0.964 bits per heavy atom. The summed E-state index contributed by atoms with van der Waals surface area (Å²) in [5.74, 6) is -9.86. The lowest BCUT2D eigenvalue weighted by Gasteiger charge is -2.16. The maximum absolute atomic E-state index is 15.7. The van der Waals surface area contributed by atoms with E-state index in [-0.39, 0.29) is 11.0 Å². The second-order valence-electron chi connectivity index (χ2n) is 12.4. The van der Waals surface area contributed by atoms with Gasteiger partial charge in [-0.2, -0.15) is 36.9 Å². The van der Waals surface area contributed by atoms with E-state index in [0.717, 1.165) is 18.2 Å². The highest BCUT2D eigenvalue weighted by Gasteiger charge is 2.42. The first-order valence-electron chi connectivity index (χ1n) is 16.0. The molecule has 0 radical (unpaired) electrons. The zero-order valence-electron chi connectivity index (χ0n) is 27.5. The van der Waals surface area contributed by atoms with Crippen molar-refractivity contribution < 1.29 is 43.9 Å². The van der Waals surface area contributed by atoms with Crippen LogP contribution >= 0.6 is 0 Å². The van der Waals surface area contributed by atoms with Crippen molar-refractivity contribution in [2.75, 3.05) is 0 Å². The summed E-state index contributed by atoms with van der Waals surface area (Å²) >= 11 is 0. The zero-order chi connectivity index (χ0) is 39.8. The molecule has 16 heteroatoms. The lowest BCUT2D eigenvalue weighted by atomic mass is 9.90. The summed E-state index contributed by atoms with van der Waals surface area (Å²) in [6.07, 6.45) is -7.97. The molecule has 0 atom stereocenters. The van der Waals surface area contributed by atoms with Crippen molar-refractivity contribution in [1.29, 1.82) is 10.5 Å². The highest BCUT2D eigenvalue weighted by atomic mass is 19.4. The Bertz CT molecular complexity index is 2800. The van der Waals surface area contributed by atoms with Gasteiger partial charge in [0.05, 0.1) is 33.3 Å². The minimum absolute atomic E-state index is 0.199. The Morgan fingerprint density at radius 1 is 0.536 bits per heavy atom. The molecular formula is C40H14F10N6. The fourth-order valence-electron chi connectivity index (χ4n) is 6.70. The summed E-state index contributed by atoms with van der Waals surface area (Å²) in [5.41, 5.74) is -11.4. The van der Waals surface area contributed by atoms with Crippen LogP contribution in [0, 0.1) is 45.9 Å². The van der Waals surface area contributed by atoms with Crippen LogP contribution in [-0.4, -0.2) is 19.9 Å². The molecule has 2 heterocycles. The van der Waals surface area contributed by atoms with Gasteiger partial charge < -0.3 is 0 Å². The number of fused-ring (bicyclic) bond motifs is 5. The molecule has 0 spiro atoms. The van der Waals surface area contributed by atoms with Crippen molar-refractivity contribution in [2.45, 2.75) is 12.4 Å². The largest absolute Gasteiger partial charge is 0.417 e. The molecule has 0 fully saturated rings. The van der Waals surface area contributed by atoms with E-state index in [0.29, 0.717) is 22.9 Å². The molecule has 2 aromatic heterocycles. The number of aromatic nitrogens is 4. The molecule has 0 N–H and O–H groups in total. The van der Waals surface area contributed by atoms with Crippen LogP contribution in [0.1, 0.15) is 33.4 Å². The maximum Gasteiger partial charge on any atom is 0.417 e. The van der Waals surface area contributed by atoms with Crippen molar-refractivity contribution in [3.05, 3.63) is 142 Å². The topological polar surface area (TPSA) is 99.1 Å². The van der Waals surface area contributed by atoms with Crippen LogP contribution in [0.25, 0.3) is 66.9 Å². The Hall–Kier alpha value is -7.20. The lowest BCUT2D eigenvalue weighted by molar-refractivity contribution is -0.138. The van der Waals surface area contributed by atoms with Crippen LogP contribution in [0.2, 0.25) is 0 Å². The van der Waals surface area contributed by atoms with Gasteiger partial charge in [0.2, 0.25) is 0 Å². The molecule has 0 aliphatic heterocycles. The SMILES string of the molecule is N#CC(=C1c2cc(-c3ncc4ccccc4n3)c(C(F)(F)F)cc2-c2cc(C(F)(F)F)c(-c3ncc4ccccc4n3)cc21)c1c(F)c(F)c(C#N)c(F)c1F. The first kappa shape index (κ1) is 35.8. The van der Waals surface area contributed by atoms with Gasteiger partial charge >= 0.3 is 12.4 Å². The molecule has 0 amide bonds. The molecule has 0 saturated heterocycles. The third-order valence-corrected chi connectivity index (χ3v) is 9.20. The molecule has 56 heavy (non-hydrogen) atoms. The molecular weight excluding hydrogens is 754 g/mol. The number of hydrogen-bond acceptors (Lipinski definition) is 6. The average Bonchev–Trinajstić information content (AvgIpc) is 3.49. The molecule has 274 valence electrons. The summed E-state index contributed by atoms with van der Waals surface area (Å²) in [6.45, 7) is 0. The number of benzene rings is 5. The summed E-state index contributed by atoms with van der Waals surface area (Å²) in [6, 6.07) is 17.4. The number of alkyl halides is 6. The van der Waals surface area contributed by atoms with Crippen molar-refractivity contribution in [1.82, 2.24) is 19.9 Å². The van der Waals surface area contributed by atoms with Crippen molar-refractivity contribution in [3.63, 3.8) is 0 Å². The molecule has 6 nitrogen and oxygen atoms in total. The molecule has 0 saturated carbocycles. The third-order valence-electron chi connectivity index (χ3n) is 9.20. The van der Waals surface area contributed by atoms with Gasteiger partial charge in [0.25, 0.3) is 0 Å². The van der Waals surface area contributed by atoms with Gasteiger partial charge in [-0.3, -0.25) is 0 Å². The number of nitrogens with zero attached hydrogens (tertiary/aromatic N) is 6. The second kappa shape index (κ2) is 12.7. The molecule has 0 bridgehead atoms. The Balaban J connectivity index is 1.53. The van der Waals surface area contributed by atoms with Crippen LogP contribution in [-0.2, 0) is 12.4 Å². The van der Waals surface area contributed by atoms with Gasteiger partial charge in [0, 0.05) is 39.9 Å². The van der Waals surface area contributed by atoms with Crippen LogP contribution in [0.3, 0.4) is 0 Å². The second-order valence-corrected chi connectivity index (χ2v) is 12.4. The fourth-order valence-corrected chi connectivity index (χ4v) is 6.70. The standard InChI is InChI=1S/C40H14F10N6/c41-33-26(14-52)34(42)36(44)32(35(33)43)25(13-51)31-21-9-23(37-53-15-17-5-1-3-7-29(17)55-37)27(39(45,46)47)11-19(21)20-12-28(40(48,49)50)24(10-22(20)31)38-54-16-18-6-2-4-8-30(18)56-38/h1-12,15-16H. The maximum atomic E-state index is 15.7. The van der Waals surface area contributed by atoms with Crippen LogP contribution in [0.5, 0.6) is 0 Å². The number of hydrogen-bond donors (Lipinski definition) is 0. The number of para-hydroxylation sites is 2. The van der Waals surface area contributed by atoms with Gasteiger partial charge in [-0.1, -0.05) is 36.4 Å².